The van der Waals surface area contributed by atoms with Crippen LogP contribution in [0.2, 0.25) is 0 Å². The van der Waals surface area contributed by atoms with Gasteiger partial charge in [-0.25, -0.2) is 13.1 Å². The third kappa shape index (κ3) is 5.95. The van der Waals surface area contributed by atoms with Crippen molar-refractivity contribution in [3.63, 3.8) is 0 Å². The fraction of sp³-hybridized carbons (Fsp3) is 0.682. The van der Waals surface area contributed by atoms with Crippen LogP contribution in [0.3, 0.4) is 0 Å². The number of rotatable bonds is 6. The minimum Gasteiger partial charge on any atom is -0.352 e. The Hall–Kier alpha value is -1.60. The smallest absolute Gasteiger partial charge is 0.216 e. The van der Waals surface area contributed by atoms with E-state index in [2.05, 4.69) is 19.9 Å². The van der Waals surface area contributed by atoms with Crippen LogP contribution in [-0.2, 0) is 22.3 Å². The van der Waals surface area contributed by atoms with Crippen LogP contribution >= 0.6 is 0 Å². The van der Waals surface area contributed by atoms with E-state index in [-0.39, 0.29) is 11.8 Å². The average molecular weight is 421 g/mol. The first-order valence-corrected chi connectivity index (χ1v) is 12.5. The van der Waals surface area contributed by atoms with Gasteiger partial charge in [0.25, 0.3) is 0 Å². The Kier molecular flexibility index (Phi) is 7.22. The highest BCUT2D eigenvalue weighted by Gasteiger charge is 2.39. The number of likely N-dealkylation sites (tertiary alicyclic amines) is 1. The molecule has 1 aliphatic heterocycles. The lowest BCUT2D eigenvalue weighted by atomic mass is 9.73. The molecule has 1 aromatic carbocycles. The standard InChI is InChI=1S/C22H36N4O2S/c1-18(2)25-29(27,28)16-20-10-6-5-9-19(20)15-24-21(23-3)26-14-13-22(17-26)11-7-4-8-12-22/h5-6,9-10,18,25H,4,7-8,11-17H2,1-3H3,(H,23,24). The number of hydrogen-bond acceptors (Lipinski definition) is 3. The number of nitrogens with one attached hydrogen (secondary N) is 2. The van der Waals surface area contributed by atoms with Crippen LogP contribution in [0.4, 0.5) is 0 Å². The zero-order chi connectivity index (χ0) is 20.9. The molecule has 1 aromatic rings. The molecule has 29 heavy (non-hydrogen) atoms. The maximum atomic E-state index is 12.4. The molecule has 0 bridgehead atoms. The lowest BCUT2D eigenvalue weighted by Gasteiger charge is -2.33. The Balaban J connectivity index is 1.63. The Bertz CT molecular complexity index is 814. The van der Waals surface area contributed by atoms with Gasteiger partial charge in [-0.3, -0.25) is 4.99 Å². The number of benzene rings is 1. The monoisotopic (exact) mass is 420 g/mol. The molecule has 2 fully saturated rings. The normalized spacial score (nSPS) is 19.9. The van der Waals surface area contributed by atoms with E-state index in [1.807, 2.05) is 45.2 Å². The van der Waals surface area contributed by atoms with E-state index in [1.165, 1.54) is 38.5 Å². The van der Waals surface area contributed by atoms with Crippen LogP contribution in [0.1, 0.15) is 63.5 Å². The van der Waals surface area contributed by atoms with Gasteiger partial charge < -0.3 is 10.2 Å². The van der Waals surface area contributed by atoms with Crippen molar-refractivity contribution >= 4 is 16.0 Å². The van der Waals surface area contributed by atoms with E-state index < -0.39 is 10.0 Å². The average Bonchev–Trinajstić information content (AvgIpc) is 3.06. The van der Waals surface area contributed by atoms with E-state index in [0.717, 1.165) is 30.2 Å². The van der Waals surface area contributed by atoms with Gasteiger partial charge in [0.15, 0.2) is 5.96 Å². The lowest BCUT2D eigenvalue weighted by Crippen LogP contribution is -2.41. The molecule has 162 valence electrons. The highest BCUT2D eigenvalue weighted by Crippen LogP contribution is 2.43. The summed E-state index contributed by atoms with van der Waals surface area (Å²) in [5.74, 6) is 0.916. The molecule has 0 amide bonds. The van der Waals surface area contributed by atoms with E-state index in [0.29, 0.717) is 12.0 Å². The molecule has 7 heteroatoms. The zero-order valence-corrected chi connectivity index (χ0v) is 18.9. The molecule has 1 saturated carbocycles. The predicted octanol–water partition coefficient (Wildman–Crippen LogP) is 3.25. The quantitative estimate of drug-likeness (QED) is 0.547. The molecule has 1 aliphatic carbocycles. The van der Waals surface area contributed by atoms with Crippen molar-refractivity contribution < 1.29 is 8.42 Å². The summed E-state index contributed by atoms with van der Waals surface area (Å²) in [7, 11) is -1.52. The molecular weight excluding hydrogens is 384 g/mol. The van der Waals surface area contributed by atoms with Crippen LogP contribution < -0.4 is 10.0 Å². The first-order chi connectivity index (χ1) is 13.8. The first-order valence-electron chi connectivity index (χ1n) is 10.8. The van der Waals surface area contributed by atoms with Crippen LogP contribution in [0, 0.1) is 5.41 Å². The van der Waals surface area contributed by atoms with Gasteiger partial charge in [0.1, 0.15) is 0 Å². The largest absolute Gasteiger partial charge is 0.352 e. The second-order valence-electron chi connectivity index (χ2n) is 8.93. The van der Waals surface area contributed by atoms with Crippen molar-refractivity contribution in [2.75, 3.05) is 20.1 Å². The summed E-state index contributed by atoms with van der Waals surface area (Å²) in [4.78, 5) is 6.89. The van der Waals surface area contributed by atoms with Gasteiger partial charge in [0.05, 0.1) is 5.75 Å². The van der Waals surface area contributed by atoms with Crippen LogP contribution in [0.25, 0.3) is 0 Å². The SMILES string of the molecule is CN=C(NCc1ccccc1CS(=O)(=O)NC(C)C)N1CCC2(CCCCC2)C1. The molecule has 1 saturated heterocycles. The lowest BCUT2D eigenvalue weighted by molar-refractivity contribution is 0.203. The van der Waals surface area contributed by atoms with E-state index in [4.69, 9.17) is 0 Å². The van der Waals surface area contributed by atoms with Gasteiger partial charge in [-0.2, -0.15) is 0 Å². The fourth-order valence-electron chi connectivity index (χ4n) is 4.81. The minimum atomic E-state index is -3.35. The van der Waals surface area contributed by atoms with Gasteiger partial charge in [-0.15, -0.1) is 0 Å². The molecule has 0 atom stereocenters. The zero-order valence-electron chi connectivity index (χ0n) is 18.1. The van der Waals surface area contributed by atoms with Crippen molar-refractivity contribution in [1.29, 1.82) is 0 Å². The maximum absolute atomic E-state index is 12.4. The third-order valence-corrected chi connectivity index (χ3v) is 7.70. The molecule has 0 unspecified atom stereocenters. The number of guanidine groups is 1. The highest BCUT2D eigenvalue weighted by atomic mass is 32.2. The van der Waals surface area contributed by atoms with Crippen molar-refractivity contribution in [1.82, 2.24) is 14.9 Å². The second kappa shape index (κ2) is 9.47. The van der Waals surface area contributed by atoms with Gasteiger partial charge >= 0.3 is 0 Å². The molecular formula is C22H36N4O2S. The molecule has 3 rings (SSSR count). The first kappa shape index (κ1) is 22.1. The van der Waals surface area contributed by atoms with Crippen LogP contribution in [0.5, 0.6) is 0 Å². The third-order valence-electron chi connectivity index (χ3n) is 6.18. The van der Waals surface area contributed by atoms with Gasteiger partial charge in [0.2, 0.25) is 10.0 Å². The maximum Gasteiger partial charge on any atom is 0.216 e. The van der Waals surface area contributed by atoms with Crippen LogP contribution in [-0.4, -0.2) is 45.5 Å². The molecule has 6 nitrogen and oxygen atoms in total. The summed E-state index contributed by atoms with van der Waals surface area (Å²) in [6, 6.07) is 7.63. The van der Waals surface area contributed by atoms with Crippen molar-refractivity contribution in [2.45, 2.75) is 70.7 Å². The molecule has 0 radical (unpaired) electrons. The number of nitrogens with zero attached hydrogens (tertiary/aromatic N) is 2. The van der Waals surface area contributed by atoms with Gasteiger partial charge in [-0.05, 0) is 49.7 Å². The summed E-state index contributed by atoms with van der Waals surface area (Å²) in [5, 5.41) is 3.48. The van der Waals surface area contributed by atoms with Crippen molar-refractivity contribution in [2.24, 2.45) is 10.4 Å². The summed E-state index contributed by atoms with van der Waals surface area (Å²) in [6.07, 6.45) is 8.01. The Labute approximate surface area is 176 Å². The Morgan fingerprint density at radius 3 is 2.48 bits per heavy atom. The van der Waals surface area contributed by atoms with E-state index in [9.17, 15) is 8.42 Å². The van der Waals surface area contributed by atoms with Gasteiger partial charge in [-0.1, -0.05) is 43.5 Å². The minimum absolute atomic E-state index is 0.00550. The highest BCUT2D eigenvalue weighted by molar-refractivity contribution is 7.88. The molecule has 2 N–H and O–H groups in total. The topological polar surface area (TPSA) is 73.8 Å². The summed E-state index contributed by atoms with van der Waals surface area (Å²) in [6.45, 7) is 6.38. The van der Waals surface area contributed by atoms with Gasteiger partial charge in [0, 0.05) is 32.7 Å². The summed E-state index contributed by atoms with van der Waals surface area (Å²) >= 11 is 0. The van der Waals surface area contributed by atoms with Crippen molar-refractivity contribution in [3.8, 4) is 0 Å². The summed E-state index contributed by atoms with van der Waals surface area (Å²) in [5.41, 5.74) is 2.30. The molecule has 0 aromatic heterocycles. The molecule has 1 heterocycles. The Morgan fingerprint density at radius 2 is 1.83 bits per heavy atom. The number of hydrogen-bond donors (Lipinski definition) is 2. The van der Waals surface area contributed by atoms with E-state index >= 15 is 0 Å². The van der Waals surface area contributed by atoms with E-state index in [1.54, 1.807) is 0 Å². The van der Waals surface area contributed by atoms with Crippen molar-refractivity contribution in [3.05, 3.63) is 35.4 Å². The number of aliphatic imine (C=N–C) groups is 1. The summed E-state index contributed by atoms with van der Waals surface area (Å²) < 4.78 is 27.4. The molecule has 1 spiro atoms. The fourth-order valence-corrected chi connectivity index (χ4v) is 6.30. The second-order valence-corrected chi connectivity index (χ2v) is 10.7. The molecule has 2 aliphatic rings. The predicted molar refractivity (Wildman–Crippen MR) is 119 cm³/mol. The number of sulfonamides is 1. The van der Waals surface area contributed by atoms with Crippen LogP contribution in [0.15, 0.2) is 29.3 Å². The Morgan fingerprint density at radius 1 is 1.14 bits per heavy atom.